The van der Waals surface area contributed by atoms with Gasteiger partial charge in [0.05, 0.1) is 9.52 Å². The number of fused-ring (bicyclic) bond motifs is 8. The summed E-state index contributed by atoms with van der Waals surface area (Å²) >= 11 is 7.33. The normalized spacial score (nSPS) is 18.6. The second kappa shape index (κ2) is 6.24. The van der Waals surface area contributed by atoms with E-state index in [4.69, 9.17) is 0 Å². The largest absolute Gasteiger partial charge is 0.293 e. The highest BCUT2D eigenvalue weighted by Crippen LogP contribution is 2.59. The molecule has 1 aliphatic heterocycles. The molecule has 0 atom stereocenters. The first-order valence-electron chi connectivity index (χ1n) is 9.75. The lowest BCUT2D eigenvalue weighted by Gasteiger charge is -2.39. The molecule has 1 spiro atoms. The number of carbonyl (C=O) groups excluding carboxylic acids is 1. The third-order valence-electron chi connectivity index (χ3n) is 6.51. The second-order valence-corrected chi connectivity index (χ2v) is 11.5. The zero-order valence-electron chi connectivity index (χ0n) is 15.5. The Bertz CT molecular complexity index is 1250. The van der Waals surface area contributed by atoms with E-state index in [0.29, 0.717) is 0 Å². The smallest absolute Gasteiger partial charge is 0.175 e. The molecule has 140 valence electrons. The van der Waals surface area contributed by atoms with Crippen LogP contribution < -0.4 is 5.19 Å². The Morgan fingerprint density at radius 2 is 1.45 bits per heavy atom. The van der Waals surface area contributed by atoms with Gasteiger partial charge in [0.1, 0.15) is 5.41 Å². The number of ketones is 1. The van der Waals surface area contributed by atoms with E-state index in [2.05, 4.69) is 98.6 Å². The molecule has 1 heterocycles. The summed E-state index contributed by atoms with van der Waals surface area (Å²) in [4.78, 5) is 13.9. The summed E-state index contributed by atoms with van der Waals surface area (Å²) in [5.74, 6) is 0.158. The SMILES string of the molecule is O=C1C=CC2=C(c3ccccc3[SiH2]C2)C12c1cc(Br)ccc1-c1ccc(Br)cc12. The molecular formula is C25H16Br2OSi. The van der Waals surface area contributed by atoms with Crippen LogP contribution in [0.4, 0.5) is 0 Å². The predicted octanol–water partition coefficient (Wildman–Crippen LogP) is 5.30. The number of halogens is 2. The number of rotatable bonds is 0. The molecule has 0 aromatic heterocycles. The van der Waals surface area contributed by atoms with Gasteiger partial charge < -0.3 is 0 Å². The molecule has 29 heavy (non-hydrogen) atoms. The van der Waals surface area contributed by atoms with Crippen molar-refractivity contribution in [3.63, 3.8) is 0 Å². The van der Waals surface area contributed by atoms with Crippen LogP contribution in [0.2, 0.25) is 6.04 Å². The lowest BCUT2D eigenvalue weighted by atomic mass is 9.63. The summed E-state index contributed by atoms with van der Waals surface area (Å²) in [6.07, 6.45) is 3.90. The van der Waals surface area contributed by atoms with Crippen molar-refractivity contribution in [2.24, 2.45) is 0 Å². The monoisotopic (exact) mass is 518 g/mol. The highest BCUT2D eigenvalue weighted by atomic mass is 79.9. The predicted molar refractivity (Wildman–Crippen MR) is 129 cm³/mol. The van der Waals surface area contributed by atoms with Gasteiger partial charge in [-0.15, -0.1) is 0 Å². The van der Waals surface area contributed by atoms with Crippen LogP contribution in [0.3, 0.4) is 0 Å². The quantitative estimate of drug-likeness (QED) is 0.368. The molecule has 0 saturated carbocycles. The van der Waals surface area contributed by atoms with Gasteiger partial charge in [-0.1, -0.05) is 79.5 Å². The molecular weight excluding hydrogens is 504 g/mol. The van der Waals surface area contributed by atoms with Gasteiger partial charge in [-0.2, -0.15) is 0 Å². The average molecular weight is 520 g/mol. The minimum Gasteiger partial charge on any atom is -0.293 e. The van der Waals surface area contributed by atoms with E-state index in [0.717, 1.165) is 37.2 Å². The third kappa shape index (κ3) is 2.28. The first kappa shape index (κ1) is 17.8. The fraction of sp³-hybridized carbons (Fsp3) is 0.0800. The summed E-state index contributed by atoms with van der Waals surface area (Å²) in [5.41, 5.74) is 7.56. The van der Waals surface area contributed by atoms with Crippen LogP contribution in [0, 0.1) is 0 Å². The molecule has 1 nitrogen and oxygen atoms in total. The fourth-order valence-corrected chi connectivity index (χ4v) is 7.93. The zero-order chi connectivity index (χ0) is 19.8. The van der Waals surface area contributed by atoms with E-state index in [1.807, 2.05) is 6.08 Å². The number of benzene rings is 3. The van der Waals surface area contributed by atoms with Crippen molar-refractivity contribution in [1.82, 2.24) is 0 Å². The van der Waals surface area contributed by atoms with Gasteiger partial charge in [0.25, 0.3) is 0 Å². The molecule has 6 rings (SSSR count). The Balaban J connectivity index is 1.81. The van der Waals surface area contributed by atoms with Crippen LogP contribution >= 0.6 is 31.9 Å². The lowest BCUT2D eigenvalue weighted by Crippen LogP contribution is -2.42. The van der Waals surface area contributed by atoms with Crippen molar-refractivity contribution >= 4 is 57.9 Å². The van der Waals surface area contributed by atoms with Crippen molar-refractivity contribution in [1.29, 1.82) is 0 Å². The van der Waals surface area contributed by atoms with Crippen molar-refractivity contribution in [3.8, 4) is 11.1 Å². The van der Waals surface area contributed by atoms with Crippen molar-refractivity contribution < 1.29 is 4.79 Å². The number of carbonyl (C=O) groups is 1. The standard InChI is InChI=1S/C25H16Br2OSi/c26-15-6-8-17-18-9-7-16(27)12-21(18)25(20(17)11-15)23(28)10-5-14-13-29-22-4-2-1-3-19(22)24(14)25/h1-12H,13,29H2. The molecule has 3 aliphatic rings. The highest BCUT2D eigenvalue weighted by molar-refractivity contribution is 9.10. The van der Waals surface area contributed by atoms with Crippen molar-refractivity contribution in [3.05, 3.63) is 104 Å². The molecule has 0 fully saturated rings. The number of hydrogen-bond donors (Lipinski definition) is 0. The van der Waals surface area contributed by atoms with Gasteiger partial charge >= 0.3 is 0 Å². The van der Waals surface area contributed by atoms with E-state index >= 15 is 0 Å². The maximum Gasteiger partial charge on any atom is 0.175 e. The fourth-order valence-electron chi connectivity index (χ4n) is 5.39. The molecule has 2 aliphatic carbocycles. The molecule has 0 N–H and O–H groups in total. The lowest BCUT2D eigenvalue weighted by molar-refractivity contribution is -0.116. The van der Waals surface area contributed by atoms with Crippen LogP contribution in [-0.2, 0) is 10.2 Å². The second-order valence-electron chi connectivity index (χ2n) is 7.88. The molecule has 0 radical (unpaired) electrons. The van der Waals surface area contributed by atoms with E-state index in [9.17, 15) is 4.79 Å². The highest BCUT2D eigenvalue weighted by Gasteiger charge is 2.53. The van der Waals surface area contributed by atoms with E-state index in [-0.39, 0.29) is 15.3 Å². The topological polar surface area (TPSA) is 17.1 Å². The molecule has 3 aromatic carbocycles. The molecule has 3 aromatic rings. The van der Waals surface area contributed by atoms with Gasteiger partial charge in [0.15, 0.2) is 5.78 Å². The molecule has 0 bridgehead atoms. The van der Waals surface area contributed by atoms with Crippen LogP contribution in [0.15, 0.2) is 87.3 Å². The van der Waals surface area contributed by atoms with E-state index < -0.39 is 5.41 Å². The summed E-state index contributed by atoms with van der Waals surface area (Å²) in [6.45, 7) is 0. The van der Waals surface area contributed by atoms with Crippen molar-refractivity contribution in [2.75, 3.05) is 0 Å². The van der Waals surface area contributed by atoms with Gasteiger partial charge in [-0.05, 0) is 75.3 Å². The Morgan fingerprint density at radius 1 is 0.793 bits per heavy atom. The maximum atomic E-state index is 13.9. The summed E-state index contributed by atoms with van der Waals surface area (Å²) in [7, 11) is -0.375. The van der Waals surface area contributed by atoms with E-state index in [1.165, 1.54) is 21.9 Å². The summed E-state index contributed by atoms with van der Waals surface area (Å²) < 4.78 is 2.01. The Hall–Kier alpha value is -2.01. The molecule has 0 saturated heterocycles. The third-order valence-corrected chi connectivity index (χ3v) is 9.44. The van der Waals surface area contributed by atoms with Gasteiger partial charge in [0, 0.05) is 8.95 Å². The zero-order valence-corrected chi connectivity index (χ0v) is 20.1. The molecule has 0 amide bonds. The van der Waals surface area contributed by atoms with Gasteiger partial charge in [-0.3, -0.25) is 4.79 Å². The van der Waals surface area contributed by atoms with Crippen LogP contribution in [0.25, 0.3) is 16.7 Å². The average Bonchev–Trinajstić information content (AvgIpc) is 3.00. The number of hydrogen-bond acceptors (Lipinski definition) is 1. The Labute approximate surface area is 188 Å². The first-order chi connectivity index (χ1) is 14.1. The van der Waals surface area contributed by atoms with Crippen LogP contribution in [0.5, 0.6) is 0 Å². The first-order valence-corrected chi connectivity index (χ1v) is 13.0. The number of allylic oxidation sites excluding steroid dienone is 4. The Morgan fingerprint density at radius 3 is 2.14 bits per heavy atom. The Kier molecular flexibility index (Phi) is 3.83. The molecule has 4 heteroatoms. The van der Waals surface area contributed by atoms with Crippen molar-refractivity contribution in [2.45, 2.75) is 11.5 Å². The van der Waals surface area contributed by atoms with Crippen LogP contribution in [-0.4, -0.2) is 15.3 Å². The van der Waals surface area contributed by atoms with Crippen LogP contribution in [0.1, 0.15) is 16.7 Å². The maximum absolute atomic E-state index is 13.9. The van der Waals surface area contributed by atoms with Gasteiger partial charge in [-0.25, -0.2) is 0 Å². The van der Waals surface area contributed by atoms with E-state index in [1.54, 1.807) is 0 Å². The van der Waals surface area contributed by atoms with Gasteiger partial charge in [0.2, 0.25) is 0 Å². The summed E-state index contributed by atoms with van der Waals surface area (Å²) in [6, 6.07) is 22.6. The minimum absolute atomic E-state index is 0.158. The summed E-state index contributed by atoms with van der Waals surface area (Å²) in [5, 5.41) is 1.47. The minimum atomic E-state index is -0.771. The molecule has 0 unspecified atom stereocenters.